The van der Waals surface area contributed by atoms with Gasteiger partial charge in [-0.3, -0.25) is 0 Å². The second-order valence-corrected chi connectivity index (χ2v) is 7.21. The second kappa shape index (κ2) is 12.7. The largest absolute Gasteiger partial charge is 0.491 e. The second-order valence-electron chi connectivity index (χ2n) is 7.21. The van der Waals surface area contributed by atoms with Crippen LogP contribution >= 0.6 is 0 Å². The van der Waals surface area contributed by atoms with Gasteiger partial charge in [0.15, 0.2) is 0 Å². The molecule has 0 aliphatic rings. The predicted molar refractivity (Wildman–Crippen MR) is 123 cm³/mol. The Hall–Kier alpha value is -2.79. The topological polar surface area (TPSA) is 59.0 Å². The van der Waals surface area contributed by atoms with E-state index in [1.165, 1.54) is 6.08 Å². The molecule has 0 saturated heterocycles. The molecule has 0 heterocycles. The van der Waals surface area contributed by atoms with Gasteiger partial charge < -0.3 is 19.5 Å². The Labute approximate surface area is 179 Å². The standard InChI is InChI=1S/C25H33NO4/c1-4-6-16-29-17-18-30-23-11-7-20(8-12-23)21-9-13-24(26(3)15-5-2)22(19-21)10-14-25(27)28/h7-14,19H,4-6,15-18H2,1-3H3,(H,27,28). The molecule has 5 heteroatoms. The van der Waals surface area contributed by atoms with Gasteiger partial charge >= 0.3 is 5.97 Å². The number of unbranched alkanes of at least 4 members (excludes halogenated alkanes) is 1. The molecule has 0 fully saturated rings. The Morgan fingerprint density at radius 3 is 2.40 bits per heavy atom. The highest BCUT2D eigenvalue weighted by molar-refractivity contribution is 5.88. The summed E-state index contributed by atoms with van der Waals surface area (Å²) in [6, 6.07) is 14.1. The molecule has 2 aromatic carbocycles. The van der Waals surface area contributed by atoms with E-state index in [9.17, 15) is 4.79 Å². The average molecular weight is 412 g/mol. The fourth-order valence-electron chi connectivity index (χ4n) is 3.14. The molecule has 30 heavy (non-hydrogen) atoms. The van der Waals surface area contributed by atoms with Gasteiger partial charge in [-0.1, -0.05) is 38.5 Å². The lowest BCUT2D eigenvalue weighted by Crippen LogP contribution is -2.18. The van der Waals surface area contributed by atoms with Crippen LogP contribution in [0.1, 0.15) is 38.7 Å². The lowest BCUT2D eigenvalue weighted by molar-refractivity contribution is -0.131. The minimum atomic E-state index is -0.954. The van der Waals surface area contributed by atoms with Crippen LogP contribution in [0.3, 0.4) is 0 Å². The van der Waals surface area contributed by atoms with Crippen molar-refractivity contribution in [2.45, 2.75) is 33.1 Å². The number of carbonyl (C=O) groups is 1. The molecular weight excluding hydrogens is 378 g/mol. The van der Waals surface area contributed by atoms with Crippen LogP contribution in [-0.4, -0.2) is 44.5 Å². The molecule has 0 saturated carbocycles. The fourth-order valence-corrected chi connectivity index (χ4v) is 3.14. The zero-order valence-electron chi connectivity index (χ0n) is 18.3. The Bertz CT molecular complexity index is 814. The van der Waals surface area contributed by atoms with Crippen LogP contribution in [0.5, 0.6) is 5.75 Å². The van der Waals surface area contributed by atoms with Gasteiger partial charge in [-0.25, -0.2) is 4.79 Å². The summed E-state index contributed by atoms with van der Waals surface area (Å²) in [5, 5.41) is 9.03. The number of carboxylic acids is 1. The number of aliphatic carboxylic acids is 1. The minimum absolute atomic E-state index is 0.533. The molecule has 0 aromatic heterocycles. The van der Waals surface area contributed by atoms with Gasteiger partial charge in [0.1, 0.15) is 12.4 Å². The molecule has 0 radical (unpaired) electrons. The summed E-state index contributed by atoms with van der Waals surface area (Å²) in [5.74, 6) is -0.146. The number of hydrogen-bond donors (Lipinski definition) is 1. The highest BCUT2D eigenvalue weighted by atomic mass is 16.5. The summed E-state index contributed by atoms with van der Waals surface area (Å²) in [4.78, 5) is 13.2. The molecule has 162 valence electrons. The van der Waals surface area contributed by atoms with Crippen molar-refractivity contribution in [3.8, 4) is 16.9 Å². The van der Waals surface area contributed by atoms with Crippen LogP contribution in [0, 0.1) is 0 Å². The lowest BCUT2D eigenvalue weighted by atomic mass is 10.0. The number of ether oxygens (including phenoxy) is 2. The van der Waals surface area contributed by atoms with Crippen molar-refractivity contribution < 1.29 is 19.4 Å². The number of rotatable bonds is 13. The van der Waals surface area contributed by atoms with Crippen molar-refractivity contribution in [2.75, 3.05) is 38.3 Å². The summed E-state index contributed by atoms with van der Waals surface area (Å²) < 4.78 is 11.2. The third-order valence-corrected chi connectivity index (χ3v) is 4.73. The number of nitrogens with zero attached hydrogens (tertiary/aromatic N) is 1. The first-order chi connectivity index (χ1) is 14.5. The van der Waals surface area contributed by atoms with Crippen molar-refractivity contribution in [3.05, 3.63) is 54.1 Å². The van der Waals surface area contributed by atoms with E-state index in [0.717, 1.165) is 60.5 Å². The zero-order chi connectivity index (χ0) is 21.8. The van der Waals surface area contributed by atoms with Gasteiger partial charge in [-0.2, -0.15) is 0 Å². The highest BCUT2D eigenvalue weighted by Gasteiger charge is 2.08. The Morgan fingerprint density at radius 2 is 1.73 bits per heavy atom. The zero-order valence-corrected chi connectivity index (χ0v) is 18.3. The Kier molecular flexibility index (Phi) is 9.95. The smallest absolute Gasteiger partial charge is 0.328 e. The monoisotopic (exact) mass is 411 g/mol. The van der Waals surface area contributed by atoms with Crippen LogP contribution < -0.4 is 9.64 Å². The molecular formula is C25H33NO4. The molecule has 1 N–H and O–H groups in total. The van der Waals surface area contributed by atoms with E-state index in [-0.39, 0.29) is 0 Å². The normalized spacial score (nSPS) is 11.0. The first-order valence-corrected chi connectivity index (χ1v) is 10.6. The van der Waals surface area contributed by atoms with E-state index in [4.69, 9.17) is 14.6 Å². The molecule has 2 aromatic rings. The molecule has 0 spiro atoms. The summed E-state index contributed by atoms with van der Waals surface area (Å²) in [6.45, 7) is 7.07. The van der Waals surface area contributed by atoms with Crippen LogP contribution in [0.15, 0.2) is 48.5 Å². The van der Waals surface area contributed by atoms with E-state index in [1.54, 1.807) is 6.08 Å². The van der Waals surface area contributed by atoms with Crippen molar-refractivity contribution in [1.29, 1.82) is 0 Å². The van der Waals surface area contributed by atoms with E-state index in [0.29, 0.717) is 13.2 Å². The van der Waals surface area contributed by atoms with Gasteiger partial charge in [0, 0.05) is 32.0 Å². The number of carboxylic acid groups (broad SMARTS) is 1. The number of anilines is 1. The SMILES string of the molecule is CCCCOCCOc1ccc(-c2ccc(N(C)CCC)c(C=CC(=O)O)c2)cc1. The van der Waals surface area contributed by atoms with Gasteiger partial charge in [-0.15, -0.1) is 0 Å². The maximum absolute atomic E-state index is 11.0. The highest BCUT2D eigenvalue weighted by Crippen LogP contribution is 2.29. The maximum atomic E-state index is 11.0. The third-order valence-electron chi connectivity index (χ3n) is 4.73. The van der Waals surface area contributed by atoms with Gasteiger partial charge in [-0.05, 0) is 59.9 Å². The lowest BCUT2D eigenvalue weighted by Gasteiger charge is -2.21. The molecule has 0 aliphatic heterocycles. The van der Waals surface area contributed by atoms with Crippen molar-refractivity contribution in [2.24, 2.45) is 0 Å². The molecule has 0 aliphatic carbocycles. The number of benzene rings is 2. The minimum Gasteiger partial charge on any atom is -0.491 e. The van der Waals surface area contributed by atoms with Crippen LogP contribution in [0.2, 0.25) is 0 Å². The van der Waals surface area contributed by atoms with Gasteiger partial charge in [0.05, 0.1) is 6.61 Å². The van der Waals surface area contributed by atoms with Crippen LogP contribution in [0.4, 0.5) is 5.69 Å². The Morgan fingerprint density at radius 1 is 1.00 bits per heavy atom. The summed E-state index contributed by atoms with van der Waals surface area (Å²) in [6.07, 6.45) is 6.06. The van der Waals surface area contributed by atoms with E-state index in [2.05, 4.69) is 24.8 Å². The van der Waals surface area contributed by atoms with Gasteiger partial charge in [0.2, 0.25) is 0 Å². The molecule has 2 rings (SSSR count). The molecule has 0 bridgehead atoms. The Balaban J connectivity index is 2.10. The first kappa shape index (κ1) is 23.5. The van der Waals surface area contributed by atoms with Crippen LogP contribution in [0.25, 0.3) is 17.2 Å². The van der Waals surface area contributed by atoms with E-state index in [1.807, 2.05) is 43.4 Å². The summed E-state index contributed by atoms with van der Waals surface area (Å²) >= 11 is 0. The number of hydrogen-bond acceptors (Lipinski definition) is 4. The molecule has 0 atom stereocenters. The van der Waals surface area contributed by atoms with E-state index < -0.39 is 5.97 Å². The summed E-state index contributed by atoms with van der Waals surface area (Å²) in [5.41, 5.74) is 3.98. The average Bonchev–Trinajstić information content (AvgIpc) is 2.75. The molecule has 5 nitrogen and oxygen atoms in total. The quantitative estimate of drug-likeness (QED) is 0.349. The molecule has 0 amide bonds. The van der Waals surface area contributed by atoms with E-state index >= 15 is 0 Å². The summed E-state index contributed by atoms with van der Waals surface area (Å²) in [7, 11) is 2.02. The predicted octanol–water partition coefficient (Wildman–Crippen LogP) is 5.49. The molecule has 0 unspecified atom stereocenters. The van der Waals surface area contributed by atoms with Crippen LogP contribution in [-0.2, 0) is 9.53 Å². The van der Waals surface area contributed by atoms with Gasteiger partial charge in [0.25, 0.3) is 0 Å². The van der Waals surface area contributed by atoms with Crippen molar-refractivity contribution >= 4 is 17.7 Å². The maximum Gasteiger partial charge on any atom is 0.328 e. The fraction of sp³-hybridized carbons (Fsp3) is 0.400. The van der Waals surface area contributed by atoms with Crippen molar-refractivity contribution in [3.63, 3.8) is 0 Å². The van der Waals surface area contributed by atoms with Crippen molar-refractivity contribution in [1.82, 2.24) is 0 Å². The third kappa shape index (κ3) is 7.56. The first-order valence-electron chi connectivity index (χ1n) is 10.6.